The predicted molar refractivity (Wildman–Crippen MR) is 61.2 cm³/mol. The van der Waals surface area contributed by atoms with Gasteiger partial charge in [0, 0.05) is 24.3 Å². The van der Waals surface area contributed by atoms with Crippen LogP contribution >= 0.6 is 0 Å². The molecule has 0 spiro atoms. The number of carbonyl (C=O) groups is 2. The Balaban J connectivity index is -0.000000709. The van der Waals surface area contributed by atoms with Gasteiger partial charge in [-0.3, -0.25) is 4.79 Å². The second kappa shape index (κ2) is 12.1. The molecule has 0 aliphatic rings. The molecular weight excluding hydrogens is 270 g/mol. The van der Waals surface area contributed by atoms with Crippen molar-refractivity contribution < 1.29 is 30.0 Å². The number of aliphatic hydroxyl groups excluding tert-OH is 2. The van der Waals surface area contributed by atoms with Gasteiger partial charge in [-0.1, -0.05) is 13.8 Å². The molecule has 102 valence electrons. The number of aliphatic carboxylic acids is 1. The molecule has 0 aliphatic carbocycles. The molecule has 0 bridgehead atoms. The SMILES string of the molecule is CC(C)(CO)C(O)C(=O)NCCC(=O)[O-].C[O-].[Ca+2]. The zero-order valence-electron chi connectivity index (χ0n) is 10.9. The standard InChI is InChI=1S/C9H17NO5.CH3O.Ca/c1-9(2,5-11)7(14)8(15)10-4-3-6(12)13;1-2;/h7,11,14H,3-5H2,1-2H3,(H,10,15)(H,12,13);1H3;/q;-1;+2/p-1. The molecule has 0 fully saturated rings. The number of amides is 1. The van der Waals surface area contributed by atoms with Crippen LogP contribution in [0.1, 0.15) is 20.3 Å². The van der Waals surface area contributed by atoms with Crippen molar-refractivity contribution in [2.75, 3.05) is 20.3 Å². The van der Waals surface area contributed by atoms with Crippen LogP contribution in [0.25, 0.3) is 0 Å². The molecule has 0 radical (unpaired) electrons. The summed E-state index contributed by atoms with van der Waals surface area (Å²) in [6, 6.07) is 0. The van der Waals surface area contributed by atoms with Crippen LogP contribution in [0.5, 0.6) is 0 Å². The first-order valence-electron chi connectivity index (χ1n) is 4.98. The summed E-state index contributed by atoms with van der Waals surface area (Å²) in [5, 5.41) is 38.9. The summed E-state index contributed by atoms with van der Waals surface area (Å²) in [5.74, 6) is -1.97. The van der Waals surface area contributed by atoms with Gasteiger partial charge in [-0.15, -0.1) is 0 Å². The van der Waals surface area contributed by atoms with Crippen LogP contribution in [0.2, 0.25) is 0 Å². The van der Waals surface area contributed by atoms with Gasteiger partial charge < -0.3 is 30.5 Å². The van der Waals surface area contributed by atoms with E-state index in [-0.39, 0.29) is 57.3 Å². The van der Waals surface area contributed by atoms with Gasteiger partial charge in [0.1, 0.15) is 6.10 Å². The van der Waals surface area contributed by atoms with E-state index in [0.29, 0.717) is 0 Å². The molecular formula is C10H19CaNO6. The normalized spacial score (nSPS) is 11.4. The van der Waals surface area contributed by atoms with Gasteiger partial charge in [-0.25, -0.2) is 0 Å². The van der Waals surface area contributed by atoms with Crippen molar-refractivity contribution in [3.8, 4) is 0 Å². The minimum atomic E-state index is -1.37. The number of carboxylic acids is 1. The van der Waals surface area contributed by atoms with E-state index in [2.05, 4.69) is 5.32 Å². The van der Waals surface area contributed by atoms with E-state index < -0.39 is 23.4 Å². The van der Waals surface area contributed by atoms with E-state index in [1.807, 2.05) is 0 Å². The fourth-order valence-corrected chi connectivity index (χ4v) is 0.826. The van der Waals surface area contributed by atoms with E-state index in [4.69, 9.17) is 10.2 Å². The molecule has 0 heterocycles. The van der Waals surface area contributed by atoms with E-state index in [0.717, 1.165) is 7.11 Å². The van der Waals surface area contributed by atoms with Crippen molar-refractivity contribution in [1.82, 2.24) is 5.32 Å². The Morgan fingerprint density at radius 3 is 2.11 bits per heavy atom. The topological polar surface area (TPSA) is 133 Å². The Hall–Kier alpha value is 0.0797. The third-order valence-electron chi connectivity index (χ3n) is 2.02. The molecule has 1 amide bonds. The second-order valence-electron chi connectivity index (χ2n) is 3.96. The molecule has 0 aromatic rings. The quantitative estimate of drug-likeness (QED) is 0.430. The van der Waals surface area contributed by atoms with Crippen LogP contribution in [-0.4, -0.2) is 86.2 Å². The summed E-state index contributed by atoms with van der Waals surface area (Å²) < 4.78 is 0. The van der Waals surface area contributed by atoms with Crippen molar-refractivity contribution in [1.29, 1.82) is 0 Å². The van der Waals surface area contributed by atoms with Gasteiger partial charge in [0.05, 0.1) is 6.61 Å². The van der Waals surface area contributed by atoms with E-state index in [9.17, 15) is 19.8 Å². The first-order valence-corrected chi connectivity index (χ1v) is 4.98. The summed E-state index contributed by atoms with van der Waals surface area (Å²) in [6.45, 7) is 2.60. The Bertz CT molecular complexity index is 247. The molecule has 0 saturated heterocycles. The second-order valence-corrected chi connectivity index (χ2v) is 3.96. The minimum Gasteiger partial charge on any atom is -0.857 e. The maximum absolute atomic E-state index is 11.2. The largest absolute Gasteiger partial charge is 2.00 e. The first-order chi connectivity index (χ1) is 7.81. The minimum absolute atomic E-state index is 0. The van der Waals surface area contributed by atoms with Crippen molar-refractivity contribution in [2.24, 2.45) is 5.41 Å². The molecule has 7 nitrogen and oxygen atoms in total. The average molecular weight is 289 g/mol. The summed E-state index contributed by atoms with van der Waals surface area (Å²) in [7, 11) is 0.750. The molecule has 0 aromatic carbocycles. The van der Waals surface area contributed by atoms with Crippen LogP contribution in [0.15, 0.2) is 0 Å². The van der Waals surface area contributed by atoms with E-state index >= 15 is 0 Å². The number of carbonyl (C=O) groups excluding carboxylic acids is 2. The molecule has 1 unspecified atom stereocenters. The predicted octanol–water partition coefficient (Wildman–Crippen LogP) is -3.78. The van der Waals surface area contributed by atoms with Crippen LogP contribution < -0.4 is 15.5 Å². The number of nitrogens with one attached hydrogen (secondary N) is 1. The Labute approximate surface area is 136 Å². The average Bonchev–Trinajstić information content (AvgIpc) is 2.30. The summed E-state index contributed by atoms with van der Waals surface area (Å²) in [6.07, 6.45) is -1.68. The third-order valence-corrected chi connectivity index (χ3v) is 2.02. The van der Waals surface area contributed by atoms with Crippen LogP contribution in [0, 0.1) is 5.41 Å². The van der Waals surface area contributed by atoms with Crippen LogP contribution in [0.4, 0.5) is 0 Å². The zero-order chi connectivity index (χ0) is 14.1. The van der Waals surface area contributed by atoms with E-state index in [1.165, 1.54) is 13.8 Å². The van der Waals surface area contributed by atoms with Gasteiger partial charge in [-0.2, -0.15) is 7.11 Å². The Morgan fingerprint density at radius 2 is 1.78 bits per heavy atom. The summed E-state index contributed by atoms with van der Waals surface area (Å²) >= 11 is 0. The van der Waals surface area contributed by atoms with Gasteiger partial charge in [0.25, 0.3) is 0 Å². The smallest absolute Gasteiger partial charge is 0.857 e. The van der Waals surface area contributed by atoms with E-state index in [1.54, 1.807) is 0 Å². The number of rotatable bonds is 6. The third kappa shape index (κ3) is 10.0. The van der Waals surface area contributed by atoms with Crippen molar-refractivity contribution in [3.63, 3.8) is 0 Å². The number of carboxylic acid groups (broad SMARTS) is 1. The van der Waals surface area contributed by atoms with Gasteiger partial charge >= 0.3 is 37.7 Å². The monoisotopic (exact) mass is 289 g/mol. The molecule has 8 heteroatoms. The molecule has 1 atom stereocenters. The fraction of sp³-hybridized carbons (Fsp3) is 0.800. The molecule has 0 aromatic heterocycles. The summed E-state index contributed by atoms with van der Waals surface area (Å²) in [4.78, 5) is 21.3. The molecule has 3 N–H and O–H groups in total. The number of hydrogen-bond acceptors (Lipinski definition) is 6. The maximum atomic E-state index is 11.2. The Kier molecular flexibility index (Phi) is 15.6. The van der Waals surface area contributed by atoms with Crippen molar-refractivity contribution >= 4 is 49.6 Å². The van der Waals surface area contributed by atoms with Crippen LogP contribution in [-0.2, 0) is 9.59 Å². The maximum Gasteiger partial charge on any atom is 2.00 e. The Morgan fingerprint density at radius 1 is 1.33 bits per heavy atom. The summed E-state index contributed by atoms with van der Waals surface area (Å²) in [5.41, 5.74) is -0.953. The molecule has 18 heavy (non-hydrogen) atoms. The van der Waals surface area contributed by atoms with Crippen molar-refractivity contribution in [3.05, 3.63) is 0 Å². The molecule has 0 rings (SSSR count). The van der Waals surface area contributed by atoms with Gasteiger partial charge in [-0.05, 0) is 0 Å². The first kappa shape index (κ1) is 23.2. The van der Waals surface area contributed by atoms with Gasteiger partial charge in [0.15, 0.2) is 0 Å². The number of hydrogen-bond donors (Lipinski definition) is 3. The fourth-order valence-electron chi connectivity index (χ4n) is 0.826. The van der Waals surface area contributed by atoms with Crippen LogP contribution in [0.3, 0.4) is 0 Å². The molecule has 0 aliphatic heterocycles. The zero-order valence-corrected chi connectivity index (χ0v) is 13.1. The number of aliphatic hydroxyl groups is 2. The van der Waals surface area contributed by atoms with Gasteiger partial charge in [0.2, 0.25) is 5.91 Å². The van der Waals surface area contributed by atoms with Crippen molar-refractivity contribution in [2.45, 2.75) is 26.4 Å². The molecule has 0 saturated carbocycles.